The molecule has 1 aliphatic heterocycles. The average molecular weight is 412 g/mol. The van der Waals surface area contributed by atoms with Gasteiger partial charge in [0.1, 0.15) is 0 Å². The van der Waals surface area contributed by atoms with Crippen LogP contribution < -0.4 is 0 Å². The Morgan fingerprint density at radius 2 is 1.60 bits per heavy atom. The van der Waals surface area contributed by atoms with Gasteiger partial charge in [0.25, 0.3) is 11.6 Å². The summed E-state index contributed by atoms with van der Waals surface area (Å²) in [5.74, 6) is -2.14. The molecule has 1 fully saturated rings. The molecule has 156 valence electrons. The molecule has 1 saturated heterocycles. The van der Waals surface area contributed by atoms with Crippen LogP contribution in [0.15, 0.2) is 48.5 Å². The molecule has 9 heteroatoms. The smallest absolute Gasteiger partial charge is 0.339 e. The number of amides is 1. The van der Waals surface area contributed by atoms with Crippen LogP contribution in [0, 0.1) is 10.1 Å². The summed E-state index contributed by atoms with van der Waals surface area (Å²) in [7, 11) is 1.12. The number of benzene rings is 2. The first kappa shape index (κ1) is 21.0. The van der Waals surface area contributed by atoms with Crippen LogP contribution in [0.4, 0.5) is 5.69 Å². The highest BCUT2D eigenvalue weighted by atomic mass is 16.6. The zero-order chi connectivity index (χ0) is 21.7. The van der Waals surface area contributed by atoms with E-state index in [4.69, 9.17) is 4.74 Å². The average Bonchev–Trinajstić information content (AvgIpc) is 3.31. The molecule has 2 aromatic rings. The summed E-state index contributed by atoms with van der Waals surface area (Å²) < 4.78 is 10.1. The molecule has 0 radical (unpaired) electrons. The highest BCUT2D eigenvalue weighted by molar-refractivity contribution is 5.97. The molecule has 0 unspecified atom stereocenters. The Kier molecular flexibility index (Phi) is 6.41. The van der Waals surface area contributed by atoms with E-state index in [1.807, 2.05) is 0 Å². The Balaban J connectivity index is 1.93. The van der Waals surface area contributed by atoms with Gasteiger partial charge in [-0.05, 0) is 18.9 Å². The summed E-state index contributed by atoms with van der Waals surface area (Å²) in [5, 5.41) is 11.2. The molecule has 30 heavy (non-hydrogen) atoms. The molecule has 1 atom stereocenters. The first-order chi connectivity index (χ1) is 14.4. The molecule has 9 nitrogen and oxygen atoms in total. The van der Waals surface area contributed by atoms with Crippen LogP contribution in [0.1, 0.15) is 45.2 Å². The van der Waals surface area contributed by atoms with Gasteiger partial charge in [-0.25, -0.2) is 9.59 Å². The van der Waals surface area contributed by atoms with Gasteiger partial charge in [-0.2, -0.15) is 0 Å². The number of hydrogen-bond acceptors (Lipinski definition) is 7. The van der Waals surface area contributed by atoms with Gasteiger partial charge in [-0.15, -0.1) is 0 Å². The van der Waals surface area contributed by atoms with E-state index in [9.17, 15) is 24.5 Å². The van der Waals surface area contributed by atoms with Crippen molar-refractivity contribution in [3.63, 3.8) is 0 Å². The number of nitrogens with zero attached hydrogens (tertiary/aromatic N) is 2. The Labute approximate surface area is 172 Å². The molecule has 1 amide bonds. The number of nitro groups is 1. The SMILES string of the molecule is COC(=O)c1cc(C(=O)O[C@H](C(=O)N2CCCC2)c2ccccc2)cc([N+](=O)[O-])c1. The molecular formula is C21H20N2O7. The summed E-state index contributed by atoms with van der Waals surface area (Å²) >= 11 is 0. The van der Waals surface area contributed by atoms with E-state index in [2.05, 4.69) is 4.74 Å². The first-order valence-corrected chi connectivity index (χ1v) is 9.33. The molecule has 1 aliphatic rings. The number of likely N-dealkylation sites (tertiary alicyclic amines) is 1. The van der Waals surface area contributed by atoms with Crippen LogP contribution in [-0.2, 0) is 14.3 Å². The van der Waals surface area contributed by atoms with Gasteiger partial charge in [0.2, 0.25) is 6.10 Å². The van der Waals surface area contributed by atoms with E-state index >= 15 is 0 Å². The zero-order valence-electron chi connectivity index (χ0n) is 16.3. The monoisotopic (exact) mass is 412 g/mol. The topological polar surface area (TPSA) is 116 Å². The fraction of sp³-hybridized carbons (Fsp3) is 0.286. The standard InChI is InChI=1S/C21H20N2O7/c1-29-20(25)15-11-16(13-17(12-15)23(27)28)21(26)30-18(14-7-3-2-4-8-14)19(24)22-9-5-6-10-22/h2-4,7-8,11-13,18H,5-6,9-10H2,1H3/t18-/m0/s1. The highest BCUT2D eigenvalue weighted by Crippen LogP contribution is 2.26. The minimum atomic E-state index is -1.20. The molecule has 3 rings (SSSR count). The minimum Gasteiger partial charge on any atom is -0.465 e. The second-order valence-corrected chi connectivity index (χ2v) is 6.75. The molecule has 0 aromatic heterocycles. The van der Waals surface area contributed by atoms with Gasteiger partial charge in [0.05, 0.1) is 23.2 Å². The molecule has 1 heterocycles. The van der Waals surface area contributed by atoms with E-state index in [1.165, 1.54) is 0 Å². The van der Waals surface area contributed by atoms with E-state index in [0.717, 1.165) is 38.2 Å². The Morgan fingerprint density at radius 1 is 1.00 bits per heavy atom. The molecule has 0 aliphatic carbocycles. The van der Waals surface area contributed by atoms with E-state index < -0.39 is 28.7 Å². The third-order valence-electron chi connectivity index (χ3n) is 4.75. The van der Waals surface area contributed by atoms with Crippen molar-refractivity contribution in [2.45, 2.75) is 18.9 Å². The second-order valence-electron chi connectivity index (χ2n) is 6.75. The third-order valence-corrected chi connectivity index (χ3v) is 4.75. The van der Waals surface area contributed by atoms with Crippen molar-refractivity contribution in [3.05, 3.63) is 75.3 Å². The van der Waals surface area contributed by atoms with Gasteiger partial charge in [-0.3, -0.25) is 14.9 Å². The van der Waals surface area contributed by atoms with Crippen LogP contribution >= 0.6 is 0 Å². The van der Waals surface area contributed by atoms with Crippen LogP contribution in [0.2, 0.25) is 0 Å². The normalized spacial score (nSPS) is 14.1. The van der Waals surface area contributed by atoms with E-state index in [1.54, 1.807) is 35.2 Å². The third kappa shape index (κ3) is 4.62. The number of ether oxygens (including phenoxy) is 2. The fourth-order valence-electron chi connectivity index (χ4n) is 3.24. The maximum Gasteiger partial charge on any atom is 0.339 e. The first-order valence-electron chi connectivity index (χ1n) is 9.33. The molecule has 0 spiro atoms. The van der Waals surface area contributed by atoms with Crippen molar-refractivity contribution >= 4 is 23.5 Å². The lowest BCUT2D eigenvalue weighted by atomic mass is 10.1. The Morgan fingerprint density at radius 3 is 2.17 bits per heavy atom. The minimum absolute atomic E-state index is 0.166. The van der Waals surface area contributed by atoms with Crippen molar-refractivity contribution in [1.82, 2.24) is 4.90 Å². The lowest BCUT2D eigenvalue weighted by Gasteiger charge is -2.23. The molecular weight excluding hydrogens is 392 g/mol. The Bertz CT molecular complexity index is 969. The van der Waals surface area contributed by atoms with E-state index in [-0.39, 0.29) is 17.0 Å². The van der Waals surface area contributed by atoms with Crippen molar-refractivity contribution in [2.75, 3.05) is 20.2 Å². The van der Waals surface area contributed by atoms with Gasteiger partial charge in [0, 0.05) is 30.8 Å². The zero-order valence-corrected chi connectivity index (χ0v) is 16.3. The molecule has 2 aromatic carbocycles. The molecule has 0 bridgehead atoms. The number of methoxy groups -OCH3 is 1. The number of rotatable bonds is 6. The number of non-ortho nitro benzene ring substituents is 1. The van der Waals surface area contributed by atoms with Gasteiger partial charge < -0.3 is 14.4 Å². The quantitative estimate of drug-likeness (QED) is 0.407. The predicted octanol–water partition coefficient (Wildman–Crippen LogP) is 2.90. The maximum atomic E-state index is 13.0. The number of hydrogen-bond donors (Lipinski definition) is 0. The largest absolute Gasteiger partial charge is 0.465 e. The Hall–Kier alpha value is -3.75. The molecule has 0 saturated carbocycles. The molecule has 0 N–H and O–H groups in total. The highest BCUT2D eigenvalue weighted by Gasteiger charge is 2.32. The second kappa shape index (κ2) is 9.17. The summed E-state index contributed by atoms with van der Waals surface area (Å²) in [5.41, 5.74) is -0.367. The number of carbonyl (C=O) groups excluding carboxylic acids is 3. The van der Waals surface area contributed by atoms with Crippen LogP contribution in [0.5, 0.6) is 0 Å². The lowest BCUT2D eigenvalue weighted by molar-refractivity contribution is -0.384. The summed E-state index contributed by atoms with van der Waals surface area (Å²) in [4.78, 5) is 49.7. The summed E-state index contributed by atoms with van der Waals surface area (Å²) in [6.45, 7) is 1.14. The number of carbonyl (C=O) groups is 3. The van der Waals surface area contributed by atoms with Crippen LogP contribution in [-0.4, -0.2) is 47.9 Å². The van der Waals surface area contributed by atoms with Crippen molar-refractivity contribution in [1.29, 1.82) is 0 Å². The van der Waals surface area contributed by atoms with Crippen molar-refractivity contribution in [2.24, 2.45) is 0 Å². The van der Waals surface area contributed by atoms with Crippen molar-refractivity contribution in [3.8, 4) is 0 Å². The van der Waals surface area contributed by atoms with Crippen LogP contribution in [0.3, 0.4) is 0 Å². The maximum absolute atomic E-state index is 13.0. The van der Waals surface area contributed by atoms with Gasteiger partial charge >= 0.3 is 11.9 Å². The summed E-state index contributed by atoms with van der Waals surface area (Å²) in [6, 6.07) is 11.7. The lowest BCUT2D eigenvalue weighted by Crippen LogP contribution is -2.34. The summed E-state index contributed by atoms with van der Waals surface area (Å²) in [6.07, 6.45) is 0.543. The van der Waals surface area contributed by atoms with Gasteiger partial charge in [0.15, 0.2) is 0 Å². The van der Waals surface area contributed by atoms with Crippen molar-refractivity contribution < 1.29 is 28.8 Å². The predicted molar refractivity (Wildman–Crippen MR) is 105 cm³/mol. The van der Waals surface area contributed by atoms with Gasteiger partial charge in [-0.1, -0.05) is 30.3 Å². The van der Waals surface area contributed by atoms with E-state index in [0.29, 0.717) is 18.7 Å². The fourth-order valence-corrected chi connectivity index (χ4v) is 3.24. The number of nitro benzene ring substituents is 1. The number of esters is 2. The van der Waals surface area contributed by atoms with Crippen LogP contribution in [0.25, 0.3) is 0 Å².